The van der Waals surface area contributed by atoms with Gasteiger partial charge in [0.15, 0.2) is 0 Å². The van der Waals surface area contributed by atoms with Crippen molar-refractivity contribution in [2.24, 2.45) is 0 Å². The highest BCUT2D eigenvalue weighted by Crippen LogP contribution is 2.29. The third-order valence-corrected chi connectivity index (χ3v) is 4.95. The summed E-state index contributed by atoms with van der Waals surface area (Å²) >= 11 is 0. The zero-order valence-corrected chi connectivity index (χ0v) is 20.9. The molecule has 2 N–H and O–H groups in total. The zero-order chi connectivity index (χ0) is 23.9. The molecule has 0 amide bonds. The predicted molar refractivity (Wildman–Crippen MR) is 137 cm³/mol. The third-order valence-electron chi connectivity index (χ3n) is 4.95. The largest absolute Gasteiger partial charge is 0.515 e. The lowest BCUT2D eigenvalue weighted by Crippen LogP contribution is -2.20. The molecule has 0 spiro atoms. The number of ether oxygens (including phenoxy) is 3. The van der Waals surface area contributed by atoms with E-state index in [4.69, 9.17) is 14.2 Å². The molecular weight excluding hydrogens is 515 g/mol. The van der Waals surface area contributed by atoms with E-state index in [1.165, 1.54) is 12.1 Å². The van der Waals surface area contributed by atoms with Crippen molar-refractivity contribution in [1.29, 1.82) is 0 Å². The maximum absolute atomic E-state index is 14.1. The lowest BCUT2D eigenvalue weighted by atomic mass is 10.1. The number of aromatic amines is 1. The van der Waals surface area contributed by atoms with Crippen molar-refractivity contribution >= 4 is 41.9 Å². The van der Waals surface area contributed by atoms with Gasteiger partial charge in [-0.05, 0) is 36.8 Å². The quantitative estimate of drug-likeness (QED) is 0.199. The number of nitrogens with one attached hydrogen (secondary N) is 2. The number of hydrogen-bond donors (Lipinski definition) is 2. The second kappa shape index (κ2) is 13.6. The van der Waals surface area contributed by atoms with Gasteiger partial charge in [-0.3, -0.25) is 4.98 Å². The van der Waals surface area contributed by atoms with E-state index in [9.17, 15) is 13.6 Å². The van der Waals surface area contributed by atoms with Gasteiger partial charge in [-0.2, -0.15) is 0 Å². The van der Waals surface area contributed by atoms with Crippen molar-refractivity contribution in [2.75, 3.05) is 19.8 Å². The van der Waals surface area contributed by atoms with Crippen molar-refractivity contribution in [3.05, 3.63) is 78.1 Å². The van der Waals surface area contributed by atoms with Crippen molar-refractivity contribution in [3.63, 3.8) is 0 Å². The van der Waals surface area contributed by atoms with Crippen LogP contribution in [0.4, 0.5) is 13.6 Å². The average molecular weight is 540 g/mol. The maximum atomic E-state index is 14.1. The number of carbonyl (C=O) groups is 1. The molecule has 0 unspecified atom stereocenters. The Morgan fingerprint density at radius 1 is 1.08 bits per heavy atom. The van der Waals surface area contributed by atoms with E-state index in [-0.39, 0.29) is 37.3 Å². The first kappa shape index (κ1) is 28.8. The fourth-order valence-corrected chi connectivity index (χ4v) is 3.44. The molecule has 4 aromatic rings. The van der Waals surface area contributed by atoms with E-state index in [2.05, 4.69) is 15.3 Å². The fraction of sp³-hybridized carbons (Fsp3) is 0.200. The number of halogens is 4. The Balaban J connectivity index is 0.00000228. The topological polar surface area (TPSA) is 85.5 Å². The van der Waals surface area contributed by atoms with Crippen LogP contribution in [0.25, 0.3) is 22.0 Å². The van der Waals surface area contributed by atoms with E-state index >= 15 is 0 Å². The van der Waals surface area contributed by atoms with Gasteiger partial charge in [0.25, 0.3) is 0 Å². The van der Waals surface area contributed by atoms with Crippen LogP contribution in [0.1, 0.15) is 12.5 Å². The van der Waals surface area contributed by atoms with Crippen LogP contribution >= 0.6 is 24.8 Å². The molecule has 0 fully saturated rings. The number of carbonyl (C=O) groups excluding carboxylic acids is 1. The molecule has 0 radical (unpaired) electrons. The standard InChI is InChI=1S/C25H23F2N3O4.2ClH/c1-2-32-25(31)34-23-11-17-4-3-5-22(24(17)30-23)33-9-8-28-13-16-10-18(15-29-14-16)20-7-6-19(26)12-21(20)27;;/h3-7,10-12,14-15,28,30H,2,8-9,13H2,1H3;2*1H. The van der Waals surface area contributed by atoms with Crippen molar-refractivity contribution in [3.8, 4) is 22.8 Å². The monoisotopic (exact) mass is 539 g/mol. The molecule has 0 saturated carbocycles. The van der Waals surface area contributed by atoms with Gasteiger partial charge in [0.05, 0.1) is 12.1 Å². The minimum absolute atomic E-state index is 0. The minimum Gasteiger partial charge on any atom is -0.490 e. The Bertz CT molecular complexity index is 1300. The summed E-state index contributed by atoms with van der Waals surface area (Å²) in [5.41, 5.74) is 2.44. The average Bonchev–Trinajstić information content (AvgIpc) is 3.22. The summed E-state index contributed by atoms with van der Waals surface area (Å²) in [5.74, 6) is -0.361. The molecule has 192 valence electrons. The smallest absolute Gasteiger partial charge is 0.490 e. The molecule has 2 aromatic carbocycles. The molecular formula is C25H25Cl2F2N3O4. The van der Waals surface area contributed by atoms with Gasteiger partial charge in [-0.1, -0.05) is 12.1 Å². The SMILES string of the molecule is CCOC(=O)Oc1cc2cccc(OCCNCc3cncc(-c4ccc(F)cc4F)c3)c2[nH]1.Cl.Cl. The van der Waals surface area contributed by atoms with Crippen LogP contribution in [0.3, 0.4) is 0 Å². The van der Waals surface area contributed by atoms with Crippen LogP contribution in [0, 0.1) is 11.6 Å². The Morgan fingerprint density at radius 3 is 2.69 bits per heavy atom. The van der Waals surface area contributed by atoms with E-state index in [0.717, 1.165) is 17.0 Å². The van der Waals surface area contributed by atoms with Crippen LogP contribution in [0.15, 0.2) is 60.9 Å². The first-order valence-corrected chi connectivity index (χ1v) is 10.7. The summed E-state index contributed by atoms with van der Waals surface area (Å²) in [6, 6.07) is 12.5. The first-order valence-electron chi connectivity index (χ1n) is 10.7. The molecule has 0 aliphatic carbocycles. The molecule has 0 saturated heterocycles. The van der Waals surface area contributed by atoms with Gasteiger partial charge in [0, 0.05) is 54.1 Å². The van der Waals surface area contributed by atoms with Gasteiger partial charge < -0.3 is 24.5 Å². The third kappa shape index (κ3) is 7.30. The molecule has 11 heteroatoms. The molecule has 0 bridgehead atoms. The van der Waals surface area contributed by atoms with Gasteiger partial charge in [0.1, 0.15) is 24.0 Å². The normalized spacial score (nSPS) is 10.3. The second-order valence-corrected chi connectivity index (χ2v) is 7.37. The number of rotatable bonds is 9. The Hall–Kier alpha value is -3.40. The van der Waals surface area contributed by atoms with E-state index in [0.29, 0.717) is 42.1 Å². The number of H-pyrrole nitrogens is 1. The predicted octanol–water partition coefficient (Wildman–Crippen LogP) is 6.06. The number of aromatic nitrogens is 2. The Kier molecular flexibility index (Phi) is 10.9. The number of hydrogen-bond acceptors (Lipinski definition) is 6. The zero-order valence-electron chi connectivity index (χ0n) is 19.3. The molecule has 0 atom stereocenters. The Labute approximate surface area is 219 Å². The van der Waals surface area contributed by atoms with Gasteiger partial charge in [0.2, 0.25) is 5.88 Å². The minimum atomic E-state index is -0.776. The van der Waals surface area contributed by atoms with E-state index < -0.39 is 17.8 Å². The van der Waals surface area contributed by atoms with Gasteiger partial charge in [-0.25, -0.2) is 13.6 Å². The van der Waals surface area contributed by atoms with Crippen molar-refractivity contribution < 1.29 is 27.8 Å². The van der Waals surface area contributed by atoms with Gasteiger partial charge >= 0.3 is 6.16 Å². The number of fused-ring (bicyclic) bond motifs is 1. The summed E-state index contributed by atoms with van der Waals surface area (Å²) in [5, 5.41) is 4.09. The van der Waals surface area contributed by atoms with Gasteiger partial charge in [-0.15, -0.1) is 24.8 Å². The summed E-state index contributed by atoms with van der Waals surface area (Å²) in [7, 11) is 0. The molecule has 7 nitrogen and oxygen atoms in total. The van der Waals surface area contributed by atoms with Crippen molar-refractivity contribution in [1.82, 2.24) is 15.3 Å². The molecule has 0 aliphatic rings. The molecule has 2 aromatic heterocycles. The highest BCUT2D eigenvalue weighted by molar-refractivity contribution is 5.87. The second-order valence-electron chi connectivity index (χ2n) is 7.37. The highest BCUT2D eigenvalue weighted by atomic mass is 35.5. The lowest BCUT2D eigenvalue weighted by Gasteiger charge is -2.10. The molecule has 4 rings (SSSR count). The first-order chi connectivity index (χ1) is 16.5. The fourth-order valence-electron chi connectivity index (χ4n) is 3.44. The molecule has 36 heavy (non-hydrogen) atoms. The molecule has 0 aliphatic heterocycles. The van der Waals surface area contributed by atoms with Crippen LogP contribution < -0.4 is 14.8 Å². The van der Waals surface area contributed by atoms with Crippen LogP contribution in [0.5, 0.6) is 11.6 Å². The summed E-state index contributed by atoms with van der Waals surface area (Å²) in [6.45, 7) is 3.34. The maximum Gasteiger partial charge on any atom is 0.515 e. The summed E-state index contributed by atoms with van der Waals surface area (Å²) in [4.78, 5) is 18.7. The highest BCUT2D eigenvalue weighted by Gasteiger charge is 2.11. The van der Waals surface area contributed by atoms with Crippen molar-refractivity contribution in [2.45, 2.75) is 13.5 Å². The number of pyridine rings is 1. The molecule has 2 heterocycles. The van der Waals surface area contributed by atoms with Crippen LogP contribution in [-0.2, 0) is 11.3 Å². The lowest BCUT2D eigenvalue weighted by molar-refractivity contribution is 0.103. The number of para-hydroxylation sites is 1. The number of benzene rings is 2. The Morgan fingerprint density at radius 2 is 1.92 bits per heavy atom. The van der Waals surface area contributed by atoms with Crippen LogP contribution in [-0.4, -0.2) is 35.9 Å². The summed E-state index contributed by atoms with van der Waals surface area (Å²) < 4.78 is 43.0. The number of nitrogens with zero attached hydrogens (tertiary/aromatic N) is 1. The van der Waals surface area contributed by atoms with E-state index in [1.807, 2.05) is 24.3 Å². The summed E-state index contributed by atoms with van der Waals surface area (Å²) in [6.07, 6.45) is 2.45. The van der Waals surface area contributed by atoms with E-state index in [1.54, 1.807) is 25.4 Å². The van der Waals surface area contributed by atoms with Crippen LogP contribution in [0.2, 0.25) is 0 Å².